The third-order valence-electron chi connectivity index (χ3n) is 2.10. The van der Waals surface area contributed by atoms with Gasteiger partial charge in [-0.1, -0.05) is 17.8 Å². The van der Waals surface area contributed by atoms with Gasteiger partial charge >= 0.3 is 0 Å². The minimum Gasteiger partial charge on any atom is -0.397 e. The first-order valence-electron chi connectivity index (χ1n) is 4.78. The molecular weight excluding hydrogens is 298 g/mol. The maximum absolute atomic E-state index is 8.88. The molecule has 0 saturated carbocycles. The van der Waals surface area contributed by atoms with Crippen LogP contribution in [0.1, 0.15) is 5.56 Å². The Bertz CT molecular complexity index is 575. The SMILES string of the molecule is N#Cc1cccc(Sc2ccc(Br)cn2)c1N. The monoisotopic (exact) mass is 305 g/mol. The van der Waals surface area contributed by atoms with E-state index in [1.54, 1.807) is 12.3 Å². The number of anilines is 1. The van der Waals surface area contributed by atoms with Crippen LogP contribution in [0.25, 0.3) is 0 Å². The van der Waals surface area contributed by atoms with Crippen LogP contribution in [0.3, 0.4) is 0 Å². The molecule has 0 saturated heterocycles. The Morgan fingerprint density at radius 3 is 2.76 bits per heavy atom. The van der Waals surface area contributed by atoms with Gasteiger partial charge in [0.2, 0.25) is 0 Å². The Hall–Kier alpha value is -1.51. The van der Waals surface area contributed by atoms with Crippen LogP contribution in [0, 0.1) is 11.3 Å². The molecule has 0 aliphatic rings. The molecule has 0 amide bonds. The van der Waals surface area contributed by atoms with Crippen LogP contribution < -0.4 is 5.73 Å². The van der Waals surface area contributed by atoms with Crippen LogP contribution in [0.4, 0.5) is 5.69 Å². The molecule has 0 fully saturated rings. The molecule has 1 aromatic carbocycles. The van der Waals surface area contributed by atoms with Gasteiger partial charge in [0, 0.05) is 15.6 Å². The number of rotatable bonds is 2. The Kier molecular flexibility index (Phi) is 3.67. The molecule has 0 radical (unpaired) electrons. The highest BCUT2D eigenvalue weighted by atomic mass is 79.9. The summed E-state index contributed by atoms with van der Waals surface area (Å²) >= 11 is 4.77. The lowest BCUT2D eigenvalue weighted by Gasteiger charge is -2.05. The van der Waals surface area contributed by atoms with Crippen molar-refractivity contribution in [2.24, 2.45) is 0 Å². The fraction of sp³-hybridized carbons (Fsp3) is 0. The van der Waals surface area contributed by atoms with Crippen LogP contribution in [0.15, 0.2) is 50.9 Å². The fourth-order valence-electron chi connectivity index (χ4n) is 1.27. The van der Waals surface area contributed by atoms with Gasteiger partial charge in [-0.2, -0.15) is 5.26 Å². The van der Waals surface area contributed by atoms with E-state index in [4.69, 9.17) is 11.0 Å². The molecule has 0 unspecified atom stereocenters. The molecule has 5 heteroatoms. The Labute approximate surface area is 112 Å². The van der Waals surface area contributed by atoms with Crippen molar-refractivity contribution in [3.8, 4) is 6.07 Å². The first-order chi connectivity index (χ1) is 8.20. The smallest absolute Gasteiger partial charge is 0.101 e. The van der Waals surface area contributed by atoms with Crippen molar-refractivity contribution < 1.29 is 0 Å². The molecular formula is C12H8BrN3S. The van der Waals surface area contributed by atoms with Crippen molar-refractivity contribution in [3.05, 3.63) is 46.6 Å². The lowest BCUT2D eigenvalue weighted by molar-refractivity contribution is 1.12. The summed E-state index contributed by atoms with van der Waals surface area (Å²) in [5, 5.41) is 9.73. The van der Waals surface area contributed by atoms with Gasteiger partial charge in [-0.15, -0.1) is 0 Å². The van der Waals surface area contributed by atoms with E-state index in [0.29, 0.717) is 11.3 Å². The minimum absolute atomic E-state index is 0.493. The van der Waals surface area contributed by atoms with E-state index >= 15 is 0 Å². The number of pyridine rings is 1. The van der Waals surface area contributed by atoms with Gasteiger partial charge in [-0.25, -0.2) is 4.98 Å². The molecule has 0 spiro atoms. The zero-order valence-electron chi connectivity index (χ0n) is 8.72. The quantitative estimate of drug-likeness (QED) is 0.863. The molecule has 0 bridgehead atoms. The first kappa shape index (κ1) is 12.0. The van der Waals surface area contributed by atoms with Crippen molar-refractivity contribution in [2.75, 3.05) is 5.73 Å². The van der Waals surface area contributed by atoms with Crippen molar-refractivity contribution in [1.82, 2.24) is 4.98 Å². The zero-order chi connectivity index (χ0) is 12.3. The number of benzene rings is 1. The highest BCUT2D eigenvalue weighted by Crippen LogP contribution is 2.32. The van der Waals surface area contributed by atoms with Gasteiger partial charge in [0.15, 0.2) is 0 Å². The first-order valence-corrected chi connectivity index (χ1v) is 6.39. The second-order valence-corrected chi connectivity index (χ2v) is 5.22. The highest BCUT2D eigenvalue weighted by molar-refractivity contribution is 9.10. The predicted molar refractivity (Wildman–Crippen MR) is 71.6 cm³/mol. The number of nitrogen functional groups attached to an aromatic ring is 1. The average molecular weight is 306 g/mol. The number of hydrogen-bond acceptors (Lipinski definition) is 4. The number of nitriles is 1. The van der Waals surface area contributed by atoms with Gasteiger partial charge in [0.1, 0.15) is 11.1 Å². The van der Waals surface area contributed by atoms with Gasteiger partial charge in [0.05, 0.1) is 11.3 Å². The van der Waals surface area contributed by atoms with E-state index in [-0.39, 0.29) is 0 Å². The van der Waals surface area contributed by atoms with E-state index in [2.05, 4.69) is 27.0 Å². The van der Waals surface area contributed by atoms with Crippen molar-refractivity contribution >= 4 is 33.4 Å². The third-order valence-corrected chi connectivity index (χ3v) is 3.60. The summed E-state index contributed by atoms with van der Waals surface area (Å²) in [6, 6.07) is 11.3. The maximum atomic E-state index is 8.88. The van der Waals surface area contributed by atoms with Gasteiger partial charge in [-0.05, 0) is 40.2 Å². The number of hydrogen-bond donors (Lipinski definition) is 1. The van der Waals surface area contributed by atoms with Crippen LogP contribution in [0.2, 0.25) is 0 Å². The second-order valence-electron chi connectivity index (χ2n) is 3.25. The van der Waals surface area contributed by atoms with E-state index in [0.717, 1.165) is 14.4 Å². The van der Waals surface area contributed by atoms with Gasteiger partial charge in [0.25, 0.3) is 0 Å². The summed E-state index contributed by atoms with van der Waals surface area (Å²) in [4.78, 5) is 5.09. The number of nitrogens with two attached hydrogens (primary N) is 1. The summed E-state index contributed by atoms with van der Waals surface area (Å²) in [5.74, 6) is 0. The minimum atomic E-state index is 0.493. The molecule has 0 aliphatic carbocycles. The molecule has 3 nitrogen and oxygen atoms in total. The summed E-state index contributed by atoms with van der Waals surface area (Å²) in [6.07, 6.45) is 1.73. The van der Waals surface area contributed by atoms with E-state index in [9.17, 15) is 0 Å². The molecule has 1 aromatic heterocycles. The van der Waals surface area contributed by atoms with Crippen LogP contribution in [-0.4, -0.2) is 4.98 Å². The van der Waals surface area contributed by atoms with Crippen molar-refractivity contribution in [3.63, 3.8) is 0 Å². The Balaban J connectivity index is 2.31. The molecule has 0 aliphatic heterocycles. The Morgan fingerprint density at radius 2 is 2.12 bits per heavy atom. The molecule has 84 valence electrons. The van der Waals surface area contributed by atoms with Crippen molar-refractivity contribution in [2.45, 2.75) is 9.92 Å². The normalized spacial score (nSPS) is 9.88. The van der Waals surface area contributed by atoms with E-state index in [1.807, 2.05) is 24.3 Å². The molecule has 2 N–H and O–H groups in total. The van der Waals surface area contributed by atoms with Gasteiger partial charge in [-0.3, -0.25) is 0 Å². The number of para-hydroxylation sites is 1. The molecule has 1 heterocycles. The lowest BCUT2D eigenvalue weighted by atomic mass is 10.2. The van der Waals surface area contributed by atoms with Crippen LogP contribution in [0.5, 0.6) is 0 Å². The lowest BCUT2D eigenvalue weighted by Crippen LogP contribution is -1.93. The summed E-state index contributed by atoms with van der Waals surface area (Å²) in [7, 11) is 0. The predicted octanol–water partition coefficient (Wildman–Crippen LogP) is 3.45. The van der Waals surface area contributed by atoms with E-state index < -0.39 is 0 Å². The highest BCUT2D eigenvalue weighted by Gasteiger charge is 2.06. The summed E-state index contributed by atoms with van der Waals surface area (Å²) in [6.45, 7) is 0. The topological polar surface area (TPSA) is 62.7 Å². The van der Waals surface area contributed by atoms with Crippen LogP contribution in [-0.2, 0) is 0 Å². The molecule has 17 heavy (non-hydrogen) atoms. The standard InChI is InChI=1S/C12H8BrN3S/c13-9-4-5-11(16-7-9)17-10-3-1-2-8(6-14)12(10)15/h1-5,7H,15H2. The number of nitrogens with zero attached hydrogens (tertiary/aromatic N) is 2. The summed E-state index contributed by atoms with van der Waals surface area (Å²) < 4.78 is 0.931. The molecule has 0 atom stereocenters. The van der Waals surface area contributed by atoms with Crippen molar-refractivity contribution in [1.29, 1.82) is 5.26 Å². The van der Waals surface area contributed by atoms with E-state index in [1.165, 1.54) is 11.8 Å². The second kappa shape index (κ2) is 5.21. The number of halogens is 1. The average Bonchev–Trinajstić information content (AvgIpc) is 2.35. The van der Waals surface area contributed by atoms with Crippen LogP contribution >= 0.6 is 27.7 Å². The number of aromatic nitrogens is 1. The summed E-state index contributed by atoms with van der Waals surface area (Å²) in [5.41, 5.74) is 6.89. The fourth-order valence-corrected chi connectivity index (χ4v) is 2.33. The molecule has 2 aromatic rings. The zero-order valence-corrected chi connectivity index (χ0v) is 11.1. The van der Waals surface area contributed by atoms with Gasteiger partial charge < -0.3 is 5.73 Å². The maximum Gasteiger partial charge on any atom is 0.101 e. The Morgan fingerprint density at radius 1 is 1.29 bits per heavy atom. The third kappa shape index (κ3) is 2.78. The largest absolute Gasteiger partial charge is 0.397 e. The molecule has 2 rings (SSSR count).